The summed E-state index contributed by atoms with van der Waals surface area (Å²) in [5, 5.41) is 0. The van der Waals surface area contributed by atoms with E-state index in [1.807, 2.05) is 12.1 Å². The molecule has 0 aliphatic heterocycles. The van der Waals surface area contributed by atoms with Crippen molar-refractivity contribution in [1.29, 1.82) is 0 Å². The SMILES string of the molecule is CCCc1ccc(-c2cc(F)c(Cc3cc(F)c(F)c(F)c3)c(F)c2)s1. The van der Waals surface area contributed by atoms with E-state index in [9.17, 15) is 22.0 Å². The molecule has 0 radical (unpaired) electrons. The zero-order chi connectivity index (χ0) is 18.8. The lowest BCUT2D eigenvalue weighted by Crippen LogP contribution is -2.01. The third-order valence-electron chi connectivity index (χ3n) is 4.01. The molecule has 0 fully saturated rings. The molecule has 3 rings (SSSR count). The van der Waals surface area contributed by atoms with Crippen LogP contribution in [0.4, 0.5) is 22.0 Å². The molecule has 0 atom stereocenters. The van der Waals surface area contributed by atoms with Gasteiger partial charge in [-0.25, -0.2) is 22.0 Å². The van der Waals surface area contributed by atoms with Gasteiger partial charge in [0, 0.05) is 21.7 Å². The number of thiophene rings is 1. The molecule has 0 saturated carbocycles. The van der Waals surface area contributed by atoms with Gasteiger partial charge < -0.3 is 0 Å². The van der Waals surface area contributed by atoms with Gasteiger partial charge in [-0.1, -0.05) is 13.3 Å². The summed E-state index contributed by atoms with van der Waals surface area (Å²) in [6, 6.07) is 7.63. The van der Waals surface area contributed by atoms with Crippen LogP contribution >= 0.6 is 11.3 Å². The Balaban J connectivity index is 1.92. The highest BCUT2D eigenvalue weighted by atomic mass is 32.1. The van der Waals surface area contributed by atoms with Gasteiger partial charge in [0.05, 0.1) is 0 Å². The summed E-state index contributed by atoms with van der Waals surface area (Å²) in [6.07, 6.45) is 1.50. The van der Waals surface area contributed by atoms with Gasteiger partial charge in [-0.05, 0) is 53.9 Å². The van der Waals surface area contributed by atoms with Crippen molar-refractivity contribution >= 4 is 11.3 Å². The van der Waals surface area contributed by atoms with Crippen LogP contribution < -0.4 is 0 Å². The van der Waals surface area contributed by atoms with Crippen molar-refractivity contribution in [2.24, 2.45) is 0 Å². The second-order valence-electron chi connectivity index (χ2n) is 5.98. The van der Waals surface area contributed by atoms with Crippen molar-refractivity contribution in [3.63, 3.8) is 0 Å². The molecule has 6 heteroatoms. The molecular formula is C20H15F5S. The smallest absolute Gasteiger partial charge is 0.194 e. The van der Waals surface area contributed by atoms with Gasteiger partial charge in [0.25, 0.3) is 0 Å². The largest absolute Gasteiger partial charge is 0.207 e. The van der Waals surface area contributed by atoms with Crippen LogP contribution in [0.25, 0.3) is 10.4 Å². The van der Waals surface area contributed by atoms with Crippen LogP contribution in [0.3, 0.4) is 0 Å². The maximum atomic E-state index is 14.4. The lowest BCUT2D eigenvalue weighted by atomic mass is 10.0. The van der Waals surface area contributed by atoms with Crippen LogP contribution in [0.5, 0.6) is 0 Å². The Hall–Kier alpha value is -2.21. The Morgan fingerprint density at radius 1 is 0.808 bits per heavy atom. The van der Waals surface area contributed by atoms with E-state index in [2.05, 4.69) is 6.92 Å². The summed E-state index contributed by atoms with van der Waals surface area (Å²) in [7, 11) is 0. The van der Waals surface area contributed by atoms with Crippen LogP contribution in [-0.4, -0.2) is 0 Å². The minimum absolute atomic E-state index is 0.0479. The zero-order valence-electron chi connectivity index (χ0n) is 13.9. The Morgan fingerprint density at radius 3 is 2.00 bits per heavy atom. The first-order valence-corrected chi connectivity index (χ1v) is 8.91. The molecule has 0 amide bonds. The fraction of sp³-hybridized carbons (Fsp3) is 0.200. The second-order valence-corrected chi connectivity index (χ2v) is 7.15. The maximum absolute atomic E-state index is 14.4. The first-order valence-electron chi connectivity index (χ1n) is 8.09. The van der Waals surface area contributed by atoms with Gasteiger partial charge in [0.2, 0.25) is 0 Å². The van der Waals surface area contributed by atoms with Gasteiger partial charge in [0.15, 0.2) is 17.5 Å². The molecule has 0 aliphatic rings. The van der Waals surface area contributed by atoms with Crippen LogP contribution in [0.15, 0.2) is 36.4 Å². The third kappa shape index (κ3) is 3.80. The van der Waals surface area contributed by atoms with E-state index in [0.717, 1.165) is 34.7 Å². The number of rotatable bonds is 5. The van der Waals surface area contributed by atoms with E-state index in [1.54, 1.807) is 0 Å². The molecule has 0 spiro atoms. The molecule has 0 N–H and O–H groups in total. The fourth-order valence-electron chi connectivity index (χ4n) is 2.74. The second kappa shape index (κ2) is 7.58. The number of aryl methyl sites for hydroxylation is 1. The average molecular weight is 382 g/mol. The van der Waals surface area contributed by atoms with E-state index < -0.39 is 29.1 Å². The summed E-state index contributed by atoms with van der Waals surface area (Å²) in [5.74, 6) is -6.00. The maximum Gasteiger partial charge on any atom is 0.194 e. The summed E-state index contributed by atoms with van der Waals surface area (Å²) >= 11 is 1.47. The van der Waals surface area contributed by atoms with Crippen molar-refractivity contribution in [1.82, 2.24) is 0 Å². The molecule has 136 valence electrons. The van der Waals surface area contributed by atoms with Gasteiger partial charge in [-0.2, -0.15) is 0 Å². The molecule has 26 heavy (non-hydrogen) atoms. The number of hydrogen-bond acceptors (Lipinski definition) is 1. The van der Waals surface area contributed by atoms with Crippen molar-refractivity contribution in [2.45, 2.75) is 26.2 Å². The molecular weight excluding hydrogens is 367 g/mol. The van der Waals surface area contributed by atoms with Crippen LogP contribution in [-0.2, 0) is 12.8 Å². The van der Waals surface area contributed by atoms with Crippen LogP contribution in [0.2, 0.25) is 0 Å². The molecule has 0 unspecified atom stereocenters. The lowest BCUT2D eigenvalue weighted by molar-refractivity contribution is 0.445. The minimum atomic E-state index is -1.61. The van der Waals surface area contributed by atoms with E-state index in [0.29, 0.717) is 5.56 Å². The number of hydrogen-bond donors (Lipinski definition) is 0. The van der Waals surface area contributed by atoms with Crippen molar-refractivity contribution in [2.75, 3.05) is 0 Å². The monoisotopic (exact) mass is 382 g/mol. The average Bonchev–Trinajstić information content (AvgIpc) is 3.05. The van der Waals surface area contributed by atoms with E-state index >= 15 is 0 Å². The predicted octanol–water partition coefficient (Wildman–Crippen LogP) is 6.65. The standard InChI is InChI=1S/C20H15F5S/c1-2-3-13-4-5-19(26-13)12-9-15(21)14(16(22)10-12)6-11-7-17(23)20(25)18(24)8-11/h4-5,7-10H,2-3,6H2,1H3. The molecule has 1 aromatic heterocycles. The van der Waals surface area contributed by atoms with Crippen molar-refractivity contribution < 1.29 is 22.0 Å². The van der Waals surface area contributed by atoms with Crippen molar-refractivity contribution in [3.05, 3.63) is 81.5 Å². The van der Waals surface area contributed by atoms with Gasteiger partial charge >= 0.3 is 0 Å². The molecule has 2 aromatic carbocycles. The molecule has 0 aliphatic carbocycles. The van der Waals surface area contributed by atoms with E-state index in [4.69, 9.17) is 0 Å². The van der Waals surface area contributed by atoms with Crippen LogP contribution in [0.1, 0.15) is 29.3 Å². The van der Waals surface area contributed by atoms with E-state index in [1.165, 1.54) is 23.5 Å². The summed E-state index contributed by atoms with van der Waals surface area (Å²) in [4.78, 5) is 1.88. The first kappa shape index (κ1) is 18.6. The third-order valence-corrected chi connectivity index (χ3v) is 5.20. The Labute approximate surface area is 151 Å². The molecule has 0 saturated heterocycles. The highest BCUT2D eigenvalue weighted by Gasteiger charge is 2.16. The highest BCUT2D eigenvalue weighted by molar-refractivity contribution is 7.15. The van der Waals surface area contributed by atoms with Gasteiger partial charge in [-0.15, -0.1) is 11.3 Å². The normalized spacial score (nSPS) is 11.2. The minimum Gasteiger partial charge on any atom is -0.207 e. The Bertz CT molecular complexity index is 899. The summed E-state index contributed by atoms with van der Waals surface area (Å²) < 4.78 is 68.4. The zero-order valence-corrected chi connectivity index (χ0v) is 14.7. The lowest BCUT2D eigenvalue weighted by Gasteiger charge is -2.09. The topological polar surface area (TPSA) is 0 Å². The van der Waals surface area contributed by atoms with Gasteiger partial charge in [-0.3, -0.25) is 0 Å². The van der Waals surface area contributed by atoms with E-state index in [-0.39, 0.29) is 17.5 Å². The first-order chi connectivity index (χ1) is 12.4. The number of benzene rings is 2. The quantitative estimate of drug-likeness (QED) is 0.342. The van der Waals surface area contributed by atoms with Gasteiger partial charge in [0.1, 0.15) is 11.6 Å². The van der Waals surface area contributed by atoms with Crippen molar-refractivity contribution in [3.8, 4) is 10.4 Å². The molecule has 0 bridgehead atoms. The molecule has 3 aromatic rings. The predicted molar refractivity (Wildman–Crippen MR) is 92.8 cm³/mol. The highest BCUT2D eigenvalue weighted by Crippen LogP contribution is 2.32. The fourth-order valence-corrected chi connectivity index (χ4v) is 3.84. The molecule has 0 nitrogen and oxygen atoms in total. The Morgan fingerprint density at radius 2 is 1.42 bits per heavy atom. The summed E-state index contributed by atoms with van der Waals surface area (Å²) in [5.41, 5.74) is 0.0466. The Kier molecular flexibility index (Phi) is 5.41. The molecule has 1 heterocycles. The summed E-state index contributed by atoms with van der Waals surface area (Å²) in [6.45, 7) is 2.05. The van der Waals surface area contributed by atoms with Crippen LogP contribution in [0, 0.1) is 29.1 Å². The number of halogens is 5.